The number of Topliss-reactive ketones (excluding diaryl/α,β-unsaturated/α-hetero) is 1. The number of rotatable bonds is 8. The summed E-state index contributed by atoms with van der Waals surface area (Å²) >= 11 is 0. The Morgan fingerprint density at radius 1 is 0.897 bits per heavy atom. The Morgan fingerprint density at radius 2 is 1.45 bits per heavy atom. The number of ether oxygens (including phenoxy) is 1. The predicted molar refractivity (Wildman–Crippen MR) is 105 cm³/mol. The van der Waals surface area contributed by atoms with Crippen molar-refractivity contribution in [2.24, 2.45) is 0 Å². The van der Waals surface area contributed by atoms with Gasteiger partial charge in [-0.2, -0.15) is 0 Å². The van der Waals surface area contributed by atoms with Crippen molar-refractivity contribution in [3.63, 3.8) is 0 Å². The van der Waals surface area contributed by atoms with Crippen LogP contribution in [0.15, 0.2) is 48.5 Å². The van der Waals surface area contributed by atoms with Crippen LogP contribution in [0.2, 0.25) is 0 Å². The Bertz CT molecular complexity index is 894. The number of hydrogen-bond donors (Lipinski definition) is 2. The molecule has 0 aliphatic rings. The number of ketones is 1. The number of carbonyl (C=O) groups is 4. The number of benzene rings is 2. The molecule has 0 saturated carbocycles. The van der Waals surface area contributed by atoms with Crippen LogP contribution < -0.4 is 10.6 Å². The number of esters is 1. The standard InChI is InChI=1S/C21H21FN2O5/c1-13(21(28)24-18-9-7-17(8-10-18)23-14(2)25)29-20(27)12-11-19(26)15-3-5-16(22)6-4-15/h3-10,13H,11-12H2,1-2H3,(H,23,25)(H,24,28)/t13-/m1/s1. The monoisotopic (exact) mass is 400 g/mol. The first-order valence-corrected chi connectivity index (χ1v) is 8.91. The van der Waals surface area contributed by atoms with Gasteiger partial charge in [-0.25, -0.2) is 4.39 Å². The minimum Gasteiger partial charge on any atom is -0.453 e. The molecule has 0 aliphatic heterocycles. The highest BCUT2D eigenvalue weighted by atomic mass is 19.1. The van der Waals surface area contributed by atoms with Gasteiger partial charge < -0.3 is 15.4 Å². The first-order valence-electron chi connectivity index (χ1n) is 8.91. The molecule has 0 fully saturated rings. The van der Waals surface area contributed by atoms with E-state index >= 15 is 0 Å². The van der Waals surface area contributed by atoms with Gasteiger partial charge in [0.2, 0.25) is 5.91 Å². The normalized spacial score (nSPS) is 11.3. The van der Waals surface area contributed by atoms with Crippen molar-refractivity contribution in [2.75, 3.05) is 10.6 Å². The Balaban J connectivity index is 1.79. The van der Waals surface area contributed by atoms with Crippen LogP contribution in [0, 0.1) is 5.82 Å². The molecule has 2 rings (SSSR count). The van der Waals surface area contributed by atoms with Crippen molar-refractivity contribution in [3.8, 4) is 0 Å². The topological polar surface area (TPSA) is 102 Å². The Kier molecular flexibility index (Phi) is 7.59. The summed E-state index contributed by atoms with van der Waals surface area (Å²) in [4.78, 5) is 47.0. The van der Waals surface area contributed by atoms with Crippen LogP contribution in [-0.2, 0) is 19.1 Å². The molecule has 0 heterocycles. The number of anilines is 2. The first-order chi connectivity index (χ1) is 13.7. The van der Waals surface area contributed by atoms with Crippen molar-refractivity contribution < 1.29 is 28.3 Å². The zero-order chi connectivity index (χ0) is 21.4. The molecule has 2 aromatic carbocycles. The number of hydrogen-bond acceptors (Lipinski definition) is 5. The molecule has 0 radical (unpaired) electrons. The van der Waals surface area contributed by atoms with E-state index in [1.54, 1.807) is 24.3 Å². The van der Waals surface area contributed by atoms with Crippen LogP contribution in [-0.4, -0.2) is 29.7 Å². The Hall–Kier alpha value is -3.55. The second-order valence-corrected chi connectivity index (χ2v) is 6.31. The predicted octanol–water partition coefficient (Wildman–Crippen LogP) is 3.32. The van der Waals surface area contributed by atoms with Gasteiger partial charge >= 0.3 is 5.97 Å². The van der Waals surface area contributed by atoms with Gasteiger partial charge in [0.25, 0.3) is 5.91 Å². The Labute approximate surface area is 167 Å². The summed E-state index contributed by atoms with van der Waals surface area (Å²) in [5.41, 5.74) is 1.35. The van der Waals surface area contributed by atoms with E-state index in [0.29, 0.717) is 16.9 Å². The van der Waals surface area contributed by atoms with E-state index < -0.39 is 23.8 Å². The van der Waals surface area contributed by atoms with Gasteiger partial charge in [-0.3, -0.25) is 19.2 Å². The molecule has 2 N–H and O–H groups in total. The van der Waals surface area contributed by atoms with Gasteiger partial charge in [0.1, 0.15) is 5.82 Å². The van der Waals surface area contributed by atoms with Crippen molar-refractivity contribution >= 4 is 34.9 Å². The van der Waals surface area contributed by atoms with Crippen molar-refractivity contribution in [1.82, 2.24) is 0 Å². The van der Waals surface area contributed by atoms with E-state index in [0.717, 1.165) is 0 Å². The maximum absolute atomic E-state index is 12.9. The SMILES string of the molecule is CC(=O)Nc1ccc(NC(=O)[C@@H](C)OC(=O)CCC(=O)c2ccc(F)cc2)cc1. The average molecular weight is 400 g/mol. The quantitative estimate of drug-likeness (QED) is 0.523. The Morgan fingerprint density at radius 3 is 2.00 bits per heavy atom. The minimum atomic E-state index is -1.06. The van der Waals surface area contributed by atoms with E-state index in [1.807, 2.05) is 0 Å². The lowest BCUT2D eigenvalue weighted by Crippen LogP contribution is -2.30. The molecule has 152 valence electrons. The zero-order valence-electron chi connectivity index (χ0n) is 16.0. The summed E-state index contributed by atoms with van der Waals surface area (Å²) in [6, 6.07) is 11.5. The number of amides is 2. The van der Waals surface area contributed by atoms with Gasteiger partial charge in [-0.15, -0.1) is 0 Å². The summed E-state index contributed by atoms with van der Waals surface area (Å²) in [6.07, 6.45) is -1.36. The molecule has 0 saturated heterocycles. The van der Waals surface area contributed by atoms with Crippen LogP contribution in [0.5, 0.6) is 0 Å². The summed E-state index contributed by atoms with van der Waals surface area (Å²) in [6.45, 7) is 2.81. The average Bonchev–Trinajstić information content (AvgIpc) is 2.67. The summed E-state index contributed by atoms with van der Waals surface area (Å²) in [5, 5.41) is 5.20. The first kappa shape index (κ1) is 21.7. The molecular formula is C21H21FN2O5. The number of carbonyl (C=O) groups excluding carboxylic acids is 4. The number of nitrogens with one attached hydrogen (secondary N) is 2. The summed E-state index contributed by atoms with van der Waals surface area (Å²) in [7, 11) is 0. The van der Waals surface area contributed by atoms with E-state index in [-0.39, 0.29) is 24.5 Å². The fraction of sp³-hybridized carbons (Fsp3) is 0.238. The van der Waals surface area contributed by atoms with Crippen LogP contribution in [0.4, 0.5) is 15.8 Å². The lowest BCUT2D eigenvalue weighted by molar-refractivity contribution is -0.153. The van der Waals surface area contributed by atoms with E-state index in [1.165, 1.54) is 38.1 Å². The molecule has 0 spiro atoms. The molecule has 0 aliphatic carbocycles. The maximum atomic E-state index is 12.9. The minimum absolute atomic E-state index is 0.108. The molecule has 1 atom stereocenters. The lowest BCUT2D eigenvalue weighted by Gasteiger charge is -2.14. The van der Waals surface area contributed by atoms with E-state index in [2.05, 4.69) is 10.6 Å². The third-order valence-corrected chi connectivity index (χ3v) is 3.87. The van der Waals surface area contributed by atoms with Gasteiger partial charge in [0.15, 0.2) is 11.9 Å². The van der Waals surface area contributed by atoms with Gasteiger partial charge in [0, 0.05) is 30.3 Å². The summed E-state index contributed by atoms with van der Waals surface area (Å²) < 4.78 is 17.9. The molecule has 7 nitrogen and oxygen atoms in total. The summed E-state index contributed by atoms with van der Waals surface area (Å²) in [5.74, 6) is -2.20. The lowest BCUT2D eigenvalue weighted by atomic mass is 10.1. The third kappa shape index (κ3) is 7.17. The van der Waals surface area contributed by atoms with Crippen LogP contribution >= 0.6 is 0 Å². The fourth-order valence-corrected chi connectivity index (χ4v) is 2.39. The van der Waals surface area contributed by atoms with E-state index in [9.17, 15) is 23.6 Å². The van der Waals surface area contributed by atoms with Gasteiger partial charge in [-0.1, -0.05) is 0 Å². The highest BCUT2D eigenvalue weighted by molar-refractivity contribution is 5.98. The van der Waals surface area contributed by atoms with Gasteiger partial charge in [0.05, 0.1) is 6.42 Å². The molecule has 2 aromatic rings. The van der Waals surface area contributed by atoms with Crippen molar-refractivity contribution in [3.05, 3.63) is 59.9 Å². The highest BCUT2D eigenvalue weighted by Crippen LogP contribution is 2.14. The largest absolute Gasteiger partial charge is 0.453 e. The van der Waals surface area contributed by atoms with Crippen molar-refractivity contribution in [2.45, 2.75) is 32.8 Å². The fourth-order valence-electron chi connectivity index (χ4n) is 2.39. The number of halogens is 1. The van der Waals surface area contributed by atoms with Crippen molar-refractivity contribution in [1.29, 1.82) is 0 Å². The zero-order valence-corrected chi connectivity index (χ0v) is 16.0. The molecule has 0 unspecified atom stereocenters. The maximum Gasteiger partial charge on any atom is 0.307 e. The van der Waals surface area contributed by atoms with Crippen LogP contribution in [0.25, 0.3) is 0 Å². The second kappa shape index (κ2) is 10.1. The molecule has 0 aromatic heterocycles. The van der Waals surface area contributed by atoms with Crippen LogP contribution in [0.1, 0.15) is 37.0 Å². The molecule has 2 amide bonds. The molecule has 0 bridgehead atoms. The highest BCUT2D eigenvalue weighted by Gasteiger charge is 2.19. The van der Waals surface area contributed by atoms with Gasteiger partial charge in [-0.05, 0) is 55.5 Å². The third-order valence-electron chi connectivity index (χ3n) is 3.87. The molecule has 8 heteroatoms. The molecule has 29 heavy (non-hydrogen) atoms. The second-order valence-electron chi connectivity index (χ2n) is 6.31. The van der Waals surface area contributed by atoms with Crippen LogP contribution in [0.3, 0.4) is 0 Å². The van der Waals surface area contributed by atoms with E-state index in [4.69, 9.17) is 4.74 Å². The molecular weight excluding hydrogens is 379 g/mol. The smallest absolute Gasteiger partial charge is 0.307 e.